The SMILES string of the molecule is S=C(Nc1cccnc1)N[C@@H]1C[C@H]2CC[C@@H]1C2. The molecule has 3 nitrogen and oxygen atoms in total. The third kappa shape index (κ3) is 2.41. The molecule has 0 spiro atoms. The van der Waals surface area contributed by atoms with E-state index < -0.39 is 0 Å². The summed E-state index contributed by atoms with van der Waals surface area (Å²) in [6, 6.07) is 4.47. The predicted octanol–water partition coefficient (Wildman–Crippen LogP) is 2.56. The highest BCUT2D eigenvalue weighted by Gasteiger charge is 2.39. The Hall–Kier alpha value is -1.16. The van der Waals surface area contributed by atoms with Crippen LogP contribution in [0.4, 0.5) is 5.69 Å². The van der Waals surface area contributed by atoms with Crippen molar-refractivity contribution >= 4 is 23.0 Å². The predicted molar refractivity (Wildman–Crippen MR) is 72.8 cm³/mol. The molecule has 2 aliphatic rings. The number of nitrogens with zero attached hydrogens (tertiary/aromatic N) is 1. The van der Waals surface area contributed by atoms with Crippen LogP contribution in [0.5, 0.6) is 0 Å². The van der Waals surface area contributed by atoms with Crippen molar-refractivity contribution in [1.29, 1.82) is 0 Å². The Balaban J connectivity index is 1.54. The summed E-state index contributed by atoms with van der Waals surface area (Å²) in [5.74, 6) is 1.78. The van der Waals surface area contributed by atoms with Gasteiger partial charge < -0.3 is 10.6 Å². The van der Waals surface area contributed by atoms with Gasteiger partial charge in [-0.3, -0.25) is 4.98 Å². The van der Waals surface area contributed by atoms with Gasteiger partial charge in [0.1, 0.15) is 0 Å². The first-order valence-corrected chi connectivity index (χ1v) is 6.69. The Kier molecular flexibility index (Phi) is 2.97. The number of hydrogen-bond donors (Lipinski definition) is 2. The van der Waals surface area contributed by atoms with Crippen molar-refractivity contribution in [2.75, 3.05) is 5.32 Å². The lowest BCUT2D eigenvalue weighted by atomic mass is 9.96. The van der Waals surface area contributed by atoms with Crippen molar-refractivity contribution in [2.24, 2.45) is 11.8 Å². The molecule has 2 N–H and O–H groups in total. The molecule has 2 aliphatic carbocycles. The van der Waals surface area contributed by atoms with Gasteiger partial charge in [0.25, 0.3) is 0 Å². The smallest absolute Gasteiger partial charge is 0.171 e. The summed E-state index contributed by atoms with van der Waals surface area (Å²) in [7, 11) is 0. The van der Waals surface area contributed by atoms with Crippen molar-refractivity contribution < 1.29 is 0 Å². The number of hydrogen-bond acceptors (Lipinski definition) is 2. The molecule has 0 radical (unpaired) electrons. The van der Waals surface area contributed by atoms with Crippen LogP contribution in [0.2, 0.25) is 0 Å². The van der Waals surface area contributed by atoms with E-state index in [0.717, 1.165) is 22.6 Å². The molecule has 0 aliphatic heterocycles. The van der Waals surface area contributed by atoms with Gasteiger partial charge in [-0.2, -0.15) is 0 Å². The van der Waals surface area contributed by atoms with Gasteiger partial charge >= 0.3 is 0 Å². The molecule has 2 saturated carbocycles. The van der Waals surface area contributed by atoms with Crippen molar-refractivity contribution in [3.8, 4) is 0 Å². The Bertz CT molecular complexity index is 406. The van der Waals surface area contributed by atoms with E-state index in [4.69, 9.17) is 12.2 Å². The minimum absolute atomic E-state index is 0.588. The highest BCUT2D eigenvalue weighted by molar-refractivity contribution is 7.80. The Morgan fingerprint density at radius 1 is 1.35 bits per heavy atom. The zero-order valence-corrected chi connectivity index (χ0v) is 10.5. The van der Waals surface area contributed by atoms with E-state index in [-0.39, 0.29) is 0 Å². The fourth-order valence-corrected chi connectivity index (χ4v) is 3.46. The molecule has 2 bridgehead atoms. The molecule has 0 amide bonds. The van der Waals surface area contributed by atoms with Crippen molar-refractivity contribution in [2.45, 2.75) is 31.7 Å². The molecular formula is C13H17N3S. The molecule has 4 heteroatoms. The number of pyridine rings is 1. The van der Waals surface area contributed by atoms with Gasteiger partial charge in [-0.25, -0.2) is 0 Å². The Labute approximate surface area is 107 Å². The molecule has 3 atom stereocenters. The topological polar surface area (TPSA) is 37.0 Å². The molecule has 1 aromatic heterocycles. The molecule has 0 unspecified atom stereocenters. The van der Waals surface area contributed by atoms with E-state index in [1.54, 1.807) is 12.4 Å². The van der Waals surface area contributed by atoms with Crippen LogP contribution in [0, 0.1) is 11.8 Å². The van der Waals surface area contributed by atoms with Crippen LogP contribution in [0.15, 0.2) is 24.5 Å². The number of rotatable bonds is 2. The largest absolute Gasteiger partial charge is 0.359 e. The second-order valence-electron chi connectivity index (χ2n) is 5.12. The lowest BCUT2D eigenvalue weighted by molar-refractivity contribution is 0.392. The van der Waals surface area contributed by atoms with Crippen LogP contribution in [-0.2, 0) is 0 Å². The number of fused-ring (bicyclic) bond motifs is 2. The Morgan fingerprint density at radius 3 is 2.94 bits per heavy atom. The molecule has 1 heterocycles. The highest BCUT2D eigenvalue weighted by Crippen LogP contribution is 2.44. The molecule has 90 valence electrons. The number of thiocarbonyl (C=S) groups is 1. The average Bonchev–Trinajstić information content (AvgIpc) is 2.92. The number of anilines is 1. The molecular weight excluding hydrogens is 230 g/mol. The first kappa shape index (κ1) is 11.0. The minimum Gasteiger partial charge on any atom is -0.359 e. The quantitative estimate of drug-likeness (QED) is 0.788. The number of nitrogens with one attached hydrogen (secondary N) is 2. The normalized spacial score (nSPS) is 30.2. The lowest BCUT2D eigenvalue weighted by Crippen LogP contribution is -2.40. The molecule has 3 rings (SSSR count). The zero-order valence-electron chi connectivity index (χ0n) is 9.73. The van der Waals surface area contributed by atoms with Gasteiger partial charge in [-0.05, 0) is 55.4 Å². The van der Waals surface area contributed by atoms with Crippen LogP contribution in [0.25, 0.3) is 0 Å². The third-order valence-corrected chi connectivity index (χ3v) is 4.19. The number of aromatic nitrogens is 1. The molecule has 0 saturated heterocycles. The van der Waals surface area contributed by atoms with Crippen LogP contribution in [0.1, 0.15) is 25.7 Å². The monoisotopic (exact) mass is 247 g/mol. The summed E-state index contributed by atoms with van der Waals surface area (Å²) in [5.41, 5.74) is 0.952. The molecule has 17 heavy (non-hydrogen) atoms. The maximum atomic E-state index is 5.34. The van der Waals surface area contributed by atoms with E-state index in [0.29, 0.717) is 6.04 Å². The van der Waals surface area contributed by atoms with E-state index >= 15 is 0 Å². The van der Waals surface area contributed by atoms with Gasteiger partial charge in [-0.15, -0.1) is 0 Å². The van der Waals surface area contributed by atoms with Gasteiger partial charge in [0.15, 0.2) is 5.11 Å². The second kappa shape index (κ2) is 4.61. The minimum atomic E-state index is 0.588. The van der Waals surface area contributed by atoms with Crippen molar-refractivity contribution in [3.63, 3.8) is 0 Å². The maximum absolute atomic E-state index is 5.34. The fraction of sp³-hybridized carbons (Fsp3) is 0.538. The fourth-order valence-electron chi connectivity index (χ4n) is 3.19. The zero-order chi connectivity index (χ0) is 11.7. The lowest BCUT2D eigenvalue weighted by Gasteiger charge is -2.24. The van der Waals surface area contributed by atoms with Gasteiger partial charge in [0, 0.05) is 12.2 Å². The summed E-state index contributed by atoms with van der Waals surface area (Å²) in [4.78, 5) is 4.06. The van der Waals surface area contributed by atoms with E-state index in [1.165, 1.54) is 25.7 Å². The maximum Gasteiger partial charge on any atom is 0.171 e. The van der Waals surface area contributed by atoms with Crippen molar-refractivity contribution in [1.82, 2.24) is 10.3 Å². The van der Waals surface area contributed by atoms with Crippen molar-refractivity contribution in [3.05, 3.63) is 24.5 Å². The van der Waals surface area contributed by atoms with E-state index in [9.17, 15) is 0 Å². The second-order valence-corrected chi connectivity index (χ2v) is 5.53. The standard InChI is InChI=1S/C13H17N3S/c17-13(15-11-2-1-5-14-8-11)16-12-7-9-3-4-10(12)6-9/h1-2,5,8-10,12H,3-4,6-7H2,(H2,15,16,17)/t9-,10+,12+/m0/s1. The summed E-state index contributed by atoms with van der Waals surface area (Å²) in [5, 5.41) is 7.37. The van der Waals surface area contributed by atoms with Crippen LogP contribution in [0.3, 0.4) is 0 Å². The molecule has 1 aromatic rings. The van der Waals surface area contributed by atoms with Gasteiger partial charge in [-0.1, -0.05) is 6.42 Å². The van der Waals surface area contributed by atoms with Crippen LogP contribution in [-0.4, -0.2) is 16.1 Å². The van der Waals surface area contributed by atoms with E-state index in [2.05, 4.69) is 15.6 Å². The summed E-state index contributed by atoms with van der Waals surface area (Å²) < 4.78 is 0. The average molecular weight is 247 g/mol. The van der Waals surface area contributed by atoms with Crippen LogP contribution < -0.4 is 10.6 Å². The van der Waals surface area contributed by atoms with Gasteiger partial charge in [0.05, 0.1) is 11.9 Å². The first-order chi connectivity index (χ1) is 8.31. The van der Waals surface area contributed by atoms with Crippen LogP contribution >= 0.6 is 12.2 Å². The third-order valence-electron chi connectivity index (χ3n) is 3.97. The van der Waals surface area contributed by atoms with Gasteiger partial charge in [0.2, 0.25) is 0 Å². The molecule has 0 aromatic carbocycles. The molecule has 2 fully saturated rings. The highest BCUT2D eigenvalue weighted by atomic mass is 32.1. The first-order valence-electron chi connectivity index (χ1n) is 6.29. The summed E-state index contributed by atoms with van der Waals surface area (Å²) in [6.07, 6.45) is 9.03. The summed E-state index contributed by atoms with van der Waals surface area (Å²) >= 11 is 5.34. The van der Waals surface area contributed by atoms with E-state index in [1.807, 2.05) is 12.1 Å². The summed E-state index contributed by atoms with van der Waals surface area (Å²) in [6.45, 7) is 0. The Morgan fingerprint density at radius 2 is 2.29 bits per heavy atom.